The minimum atomic E-state index is -0.367. The Hall–Kier alpha value is -3.09. The van der Waals surface area contributed by atoms with E-state index in [0.29, 0.717) is 30.0 Å². The molecular weight excluding hydrogens is 443 g/mol. The van der Waals surface area contributed by atoms with E-state index in [1.54, 1.807) is 16.9 Å². The lowest BCUT2D eigenvalue weighted by atomic mass is 9.78. The fraction of sp³-hybridized carbons (Fsp3) is 0.500. The molecule has 7 heteroatoms. The maximum Gasteiger partial charge on any atom is 0.228 e. The lowest BCUT2D eigenvalue weighted by Crippen LogP contribution is -2.29. The summed E-state index contributed by atoms with van der Waals surface area (Å²) < 4.78 is 16.7. The van der Waals surface area contributed by atoms with Crippen LogP contribution >= 0.6 is 0 Å². The molecule has 1 amide bonds. The number of hydrogen-bond donors (Lipinski definition) is 1. The molecule has 2 atom stereocenters. The second-order valence-electron chi connectivity index (χ2n) is 10.2. The smallest absolute Gasteiger partial charge is 0.228 e. The van der Waals surface area contributed by atoms with Crippen molar-refractivity contribution in [2.24, 2.45) is 18.9 Å². The highest BCUT2D eigenvalue weighted by molar-refractivity contribution is 5.93. The summed E-state index contributed by atoms with van der Waals surface area (Å²) in [4.78, 5) is 29.4. The zero-order valence-electron chi connectivity index (χ0n) is 21.1. The van der Waals surface area contributed by atoms with Crippen LogP contribution < -0.4 is 5.32 Å². The van der Waals surface area contributed by atoms with Crippen molar-refractivity contribution in [3.05, 3.63) is 42.0 Å². The highest BCUT2D eigenvalue weighted by Crippen LogP contribution is 2.34. The Morgan fingerprint density at radius 2 is 2.00 bits per heavy atom. The van der Waals surface area contributed by atoms with E-state index in [-0.39, 0.29) is 29.5 Å². The Balaban J connectivity index is 1.51. The van der Waals surface area contributed by atoms with Crippen molar-refractivity contribution in [1.29, 1.82) is 0 Å². The molecule has 4 rings (SSSR count). The predicted molar refractivity (Wildman–Crippen MR) is 137 cm³/mol. The average molecular weight is 479 g/mol. The summed E-state index contributed by atoms with van der Waals surface area (Å²) in [5.41, 5.74) is 2.84. The van der Waals surface area contributed by atoms with Crippen molar-refractivity contribution < 1.29 is 14.0 Å². The molecule has 1 N–H and O–H groups in total. The van der Waals surface area contributed by atoms with Gasteiger partial charge in [-0.2, -0.15) is 5.10 Å². The first-order chi connectivity index (χ1) is 16.8. The number of carbonyl (C=O) groups is 2. The summed E-state index contributed by atoms with van der Waals surface area (Å²) >= 11 is 0. The summed E-state index contributed by atoms with van der Waals surface area (Å²) in [6, 6.07) is 7.05. The summed E-state index contributed by atoms with van der Waals surface area (Å²) in [6.45, 7) is 6.15. The van der Waals surface area contributed by atoms with Gasteiger partial charge in [0.05, 0.1) is 0 Å². The molecule has 2 aromatic heterocycles. The van der Waals surface area contributed by atoms with Crippen LogP contribution in [0.1, 0.15) is 77.3 Å². The summed E-state index contributed by atoms with van der Waals surface area (Å²) in [5.74, 6) is 0.683. The van der Waals surface area contributed by atoms with E-state index in [4.69, 9.17) is 0 Å². The van der Waals surface area contributed by atoms with Gasteiger partial charge in [0.15, 0.2) is 5.82 Å². The molecule has 35 heavy (non-hydrogen) atoms. The number of carbonyl (C=O) groups excluding carboxylic acids is 2. The fourth-order valence-electron chi connectivity index (χ4n) is 5.45. The molecule has 0 bridgehead atoms. The van der Waals surface area contributed by atoms with Gasteiger partial charge in [0.25, 0.3) is 0 Å². The third-order valence-electron chi connectivity index (χ3n) is 7.03. The second-order valence-corrected chi connectivity index (χ2v) is 10.2. The van der Waals surface area contributed by atoms with Crippen LogP contribution in [0.2, 0.25) is 0 Å². The minimum Gasteiger partial charge on any atom is -0.310 e. The number of hydrogen-bond acceptors (Lipinski definition) is 4. The van der Waals surface area contributed by atoms with Crippen molar-refractivity contribution in [3.63, 3.8) is 0 Å². The number of fused-ring (bicyclic) bond motifs is 1. The Morgan fingerprint density at radius 3 is 2.74 bits per heavy atom. The SMILES string of the molecule is CCCC(=O)C[C@@H]1CCC[C@H](C(=O)Nc2cc(-c3cc(F)c4nn(C)c(C(C)C)c4c3)ccn2)C1. The number of pyridine rings is 1. The van der Waals surface area contributed by atoms with E-state index in [1.807, 2.05) is 26.1 Å². The molecule has 1 aliphatic carbocycles. The lowest BCUT2D eigenvalue weighted by molar-refractivity contribution is -0.123. The van der Waals surface area contributed by atoms with Crippen LogP contribution in [0.15, 0.2) is 30.5 Å². The third-order valence-corrected chi connectivity index (χ3v) is 7.03. The van der Waals surface area contributed by atoms with Crippen LogP contribution in [0.25, 0.3) is 22.0 Å². The van der Waals surface area contributed by atoms with Gasteiger partial charge in [-0.15, -0.1) is 0 Å². The quantitative estimate of drug-likeness (QED) is 0.406. The first kappa shape index (κ1) is 25.0. The van der Waals surface area contributed by atoms with Gasteiger partial charge in [-0.3, -0.25) is 14.3 Å². The van der Waals surface area contributed by atoms with Gasteiger partial charge in [0, 0.05) is 43.1 Å². The molecule has 6 nitrogen and oxygen atoms in total. The molecule has 0 spiro atoms. The summed E-state index contributed by atoms with van der Waals surface area (Å²) in [6.07, 6.45) is 7.22. The standard InChI is InChI=1S/C28H35FN4O2/c1-5-7-22(34)13-18-8-6-9-20(12-18)28(35)31-25-16-19(10-11-30-25)21-14-23-26(24(29)15-21)32-33(4)27(23)17(2)3/h10-11,14-18,20H,5-9,12-13H2,1-4H3,(H,30,31,35)/t18-,20+/m1/s1. The van der Waals surface area contributed by atoms with Crippen molar-refractivity contribution in [3.8, 4) is 11.1 Å². The van der Waals surface area contributed by atoms with Crippen molar-refractivity contribution >= 4 is 28.4 Å². The van der Waals surface area contributed by atoms with Crippen molar-refractivity contribution in [2.75, 3.05) is 5.32 Å². The molecule has 1 aliphatic rings. The van der Waals surface area contributed by atoms with Gasteiger partial charge < -0.3 is 5.32 Å². The molecule has 2 heterocycles. The monoisotopic (exact) mass is 478 g/mol. The van der Waals surface area contributed by atoms with Gasteiger partial charge in [-0.1, -0.05) is 27.2 Å². The molecular formula is C28H35FN4O2. The fourth-order valence-corrected chi connectivity index (χ4v) is 5.45. The van der Waals surface area contributed by atoms with E-state index in [9.17, 15) is 14.0 Å². The van der Waals surface area contributed by atoms with Crippen LogP contribution in [-0.4, -0.2) is 26.5 Å². The first-order valence-corrected chi connectivity index (χ1v) is 12.7. The average Bonchev–Trinajstić information content (AvgIpc) is 3.16. The molecule has 1 aromatic carbocycles. The molecule has 0 aliphatic heterocycles. The van der Waals surface area contributed by atoms with Gasteiger partial charge in [-0.05, 0) is 72.9 Å². The number of halogens is 1. The number of rotatable bonds is 8. The van der Waals surface area contributed by atoms with Crippen molar-refractivity contribution in [2.45, 2.75) is 71.6 Å². The molecule has 1 saturated carbocycles. The van der Waals surface area contributed by atoms with Gasteiger partial charge >= 0.3 is 0 Å². The third kappa shape index (κ3) is 5.60. The molecule has 3 aromatic rings. The topological polar surface area (TPSA) is 76.9 Å². The van der Waals surface area contributed by atoms with E-state index < -0.39 is 0 Å². The zero-order chi connectivity index (χ0) is 25.1. The number of nitrogens with one attached hydrogen (secondary N) is 1. The Morgan fingerprint density at radius 1 is 1.20 bits per heavy atom. The highest BCUT2D eigenvalue weighted by Gasteiger charge is 2.28. The largest absolute Gasteiger partial charge is 0.310 e. The Bertz CT molecular complexity index is 1230. The Kier molecular flexibility index (Phi) is 7.63. The van der Waals surface area contributed by atoms with Gasteiger partial charge in [0.2, 0.25) is 5.91 Å². The number of amides is 1. The summed E-state index contributed by atoms with van der Waals surface area (Å²) in [7, 11) is 1.84. The summed E-state index contributed by atoms with van der Waals surface area (Å²) in [5, 5.41) is 8.12. The van der Waals surface area contributed by atoms with Crippen LogP contribution in [0.5, 0.6) is 0 Å². The zero-order valence-corrected chi connectivity index (χ0v) is 21.1. The minimum absolute atomic E-state index is 0.0572. The maximum absolute atomic E-state index is 14.9. The maximum atomic E-state index is 14.9. The molecule has 1 fully saturated rings. The van der Waals surface area contributed by atoms with Crippen LogP contribution in [-0.2, 0) is 16.6 Å². The number of aryl methyl sites for hydroxylation is 1. The second kappa shape index (κ2) is 10.7. The van der Waals surface area contributed by atoms with E-state index in [0.717, 1.165) is 54.3 Å². The number of nitrogens with zero attached hydrogens (tertiary/aromatic N) is 3. The van der Waals surface area contributed by atoms with E-state index in [1.165, 1.54) is 6.07 Å². The molecule has 0 radical (unpaired) electrons. The van der Waals surface area contributed by atoms with Crippen molar-refractivity contribution in [1.82, 2.24) is 14.8 Å². The number of Topliss-reactive ketones (excluding diaryl/α,β-unsaturated/α-hetero) is 1. The number of anilines is 1. The van der Waals surface area contributed by atoms with Crippen LogP contribution in [0, 0.1) is 17.7 Å². The first-order valence-electron chi connectivity index (χ1n) is 12.7. The van der Waals surface area contributed by atoms with Gasteiger partial charge in [0.1, 0.15) is 17.1 Å². The van der Waals surface area contributed by atoms with E-state index in [2.05, 4.69) is 29.2 Å². The number of benzene rings is 1. The normalized spacial score (nSPS) is 18.2. The Labute approximate surface area is 206 Å². The van der Waals surface area contributed by atoms with Gasteiger partial charge in [-0.25, -0.2) is 9.37 Å². The van der Waals surface area contributed by atoms with Crippen LogP contribution in [0.4, 0.5) is 10.2 Å². The predicted octanol–water partition coefficient (Wildman–Crippen LogP) is 6.40. The number of aromatic nitrogens is 3. The highest BCUT2D eigenvalue weighted by atomic mass is 19.1. The molecule has 0 unspecified atom stereocenters. The van der Waals surface area contributed by atoms with E-state index >= 15 is 0 Å². The van der Waals surface area contributed by atoms with Crippen LogP contribution in [0.3, 0.4) is 0 Å². The number of ketones is 1. The lowest BCUT2D eigenvalue weighted by Gasteiger charge is -2.28. The molecule has 0 saturated heterocycles. The molecule has 186 valence electrons.